The molecule has 0 saturated heterocycles. The van der Waals surface area contributed by atoms with E-state index >= 15 is 0 Å². The summed E-state index contributed by atoms with van der Waals surface area (Å²) in [4.78, 5) is 23.6. The van der Waals surface area contributed by atoms with Crippen LogP contribution in [-0.4, -0.2) is 18.5 Å². The molecule has 0 fully saturated rings. The number of benzene rings is 2. The highest BCUT2D eigenvalue weighted by Crippen LogP contribution is 2.10. The molecule has 5 nitrogen and oxygen atoms in total. The van der Waals surface area contributed by atoms with Gasteiger partial charge in [0.1, 0.15) is 0 Å². The highest BCUT2D eigenvalue weighted by Gasteiger charge is 2.06. The molecule has 0 radical (unpaired) electrons. The topological polar surface area (TPSA) is 70.2 Å². The lowest BCUT2D eigenvalue weighted by Crippen LogP contribution is -2.39. The average molecular weight is 339 g/mol. The van der Waals surface area contributed by atoms with Crippen LogP contribution in [0.15, 0.2) is 48.5 Å². The van der Waals surface area contributed by atoms with Crippen LogP contribution in [0.1, 0.15) is 30.0 Å². The summed E-state index contributed by atoms with van der Waals surface area (Å²) >= 11 is 0. The van der Waals surface area contributed by atoms with E-state index in [0.29, 0.717) is 6.54 Å². The van der Waals surface area contributed by atoms with Gasteiger partial charge in [-0.1, -0.05) is 55.3 Å². The summed E-state index contributed by atoms with van der Waals surface area (Å²) < 4.78 is 0. The molecule has 2 aromatic rings. The molecule has 0 aliphatic carbocycles. The van der Waals surface area contributed by atoms with E-state index in [2.05, 4.69) is 22.9 Å². The predicted molar refractivity (Wildman–Crippen MR) is 100 cm³/mol. The van der Waals surface area contributed by atoms with Crippen molar-refractivity contribution >= 4 is 17.6 Å². The second-order valence-corrected chi connectivity index (χ2v) is 6.02. The summed E-state index contributed by atoms with van der Waals surface area (Å²) in [5.74, 6) is -0.256. The Morgan fingerprint density at radius 1 is 0.880 bits per heavy atom. The fourth-order valence-electron chi connectivity index (χ4n) is 2.36. The van der Waals surface area contributed by atoms with Crippen molar-refractivity contribution in [2.75, 3.05) is 11.9 Å². The van der Waals surface area contributed by atoms with Gasteiger partial charge in [-0.05, 0) is 36.6 Å². The monoisotopic (exact) mass is 339 g/mol. The Morgan fingerprint density at radius 3 is 2.16 bits per heavy atom. The Kier molecular flexibility index (Phi) is 7.01. The quantitative estimate of drug-likeness (QED) is 0.724. The number of carbonyl (C=O) groups is 2. The van der Waals surface area contributed by atoms with Crippen LogP contribution in [0.5, 0.6) is 0 Å². The zero-order valence-electron chi connectivity index (χ0n) is 14.8. The van der Waals surface area contributed by atoms with Gasteiger partial charge in [-0.2, -0.15) is 0 Å². The van der Waals surface area contributed by atoms with Crippen LogP contribution in [0.2, 0.25) is 0 Å². The van der Waals surface area contributed by atoms with Gasteiger partial charge >= 0.3 is 6.03 Å². The van der Waals surface area contributed by atoms with Crippen LogP contribution in [0.3, 0.4) is 0 Å². The largest absolute Gasteiger partial charge is 0.334 e. The summed E-state index contributed by atoms with van der Waals surface area (Å²) in [6.45, 7) is 4.49. The van der Waals surface area contributed by atoms with Crippen molar-refractivity contribution in [3.63, 3.8) is 0 Å². The predicted octanol–water partition coefficient (Wildman–Crippen LogP) is 3.39. The highest BCUT2D eigenvalue weighted by atomic mass is 16.2. The van der Waals surface area contributed by atoms with Gasteiger partial charge < -0.3 is 16.0 Å². The Bertz CT molecular complexity index is 694. The molecule has 3 N–H and O–H groups in total. The molecule has 0 aliphatic rings. The lowest BCUT2D eigenvalue weighted by Gasteiger charge is -2.09. The molecule has 0 aliphatic heterocycles. The third-order valence-corrected chi connectivity index (χ3v) is 3.76. The lowest BCUT2D eigenvalue weighted by atomic mass is 10.1. The number of aryl methyl sites for hydroxylation is 2. The first-order valence-electron chi connectivity index (χ1n) is 8.53. The van der Waals surface area contributed by atoms with Crippen molar-refractivity contribution < 1.29 is 9.59 Å². The molecule has 0 heterocycles. The third-order valence-electron chi connectivity index (χ3n) is 3.76. The Hall–Kier alpha value is -2.82. The molecule has 132 valence electrons. The molecule has 25 heavy (non-hydrogen) atoms. The van der Waals surface area contributed by atoms with E-state index in [9.17, 15) is 9.59 Å². The molecule has 0 atom stereocenters. The van der Waals surface area contributed by atoms with Crippen LogP contribution in [0, 0.1) is 6.92 Å². The molecule has 0 bridgehead atoms. The van der Waals surface area contributed by atoms with Gasteiger partial charge in [-0.15, -0.1) is 0 Å². The number of hydrogen-bond acceptors (Lipinski definition) is 2. The van der Waals surface area contributed by atoms with E-state index in [1.165, 1.54) is 11.1 Å². The molecule has 0 saturated carbocycles. The fraction of sp³-hybridized carbons (Fsp3) is 0.300. The minimum atomic E-state index is -0.367. The molecule has 3 amide bonds. The highest BCUT2D eigenvalue weighted by molar-refractivity contribution is 5.94. The minimum Gasteiger partial charge on any atom is -0.334 e. The van der Waals surface area contributed by atoms with Gasteiger partial charge in [-0.25, -0.2) is 4.79 Å². The molecule has 0 spiro atoms. The maximum atomic E-state index is 11.9. The average Bonchev–Trinajstić information content (AvgIpc) is 2.61. The van der Waals surface area contributed by atoms with Crippen LogP contribution in [0.4, 0.5) is 10.5 Å². The summed E-state index contributed by atoms with van der Waals surface area (Å²) in [5, 5.41) is 8.05. The summed E-state index contributed by atoms with van der Waals surface area (Å²) in [6, 6.07) is 15.3. The number of anilines is 1. The summed E-state index contributed by atoms with van der Waals surface area (Å²) in [6.07, 6.45) is 2.12. The van der Waals surface area contributed by atoms with Gasteiger partial charge in [-0.3, -0.25) is 4.79 Å². The number of hydrogen-bond donors (Lipinski definition) is 3. The van der Waals surface area contributed by atoms with Crippen LogP contribution in [0.25, 0.3) is 0 Å². The maximum Gasteiger partial charge on any atom is 0.315 e. The standard InChI is InChI=1S/C20H25N3O2/c1-3-4-16-9-11-18(12-10-16)23-19(24)14-22-20(25)21-13-17-7-5-15(2)6-8-17/h5-12H,3-4,13-14H2,1-2H3,(H,23,24)(H2,21,22,25). The van der Waals surface area contributed by atoms with Gasteiger partial charge in [0, 0.05) is 12.2 Å². The number of rotatable bonds is 7. The Morgan fingerprint density at radius 2 is 1.52 bits per heavy atom. The van der Waals surface area contributed by atoms with Crippen molar-refractivity contribution in [2.24, 2.45) is 0 Å². The first-order valence-corrected chi connectivity index (χ1v) is 8.53. The number of amides is 3. The molecule has 0 unspecified atom stereocenters. The van der Waals surface area contributed by atoms with Crippen molar-refractivity contribution in [2.45, 2.75) is 33.2 Å². The minimum absolute atomic E-state index is 0.0730. The first-order chi connectivity index (χ1) is 12.1. The van der Waals surface area contributed by atoms with E-state index in [1.807, 2.05) is 55.5 Å². The SMILES string of the molecule is CCCc1ccc(NC(=O)CNC(=O)NCc2ccc(C)cc2)cc1. The molecule has 5 heteroatoms. The summed E-state index contributed by atoms with van der Waals surface area (Å²) in [7, 11) is 0. The molecule has 0 aromatic heterocycles. The van der Waals surface area contributed by atoms with Crippen molar-refractivity contribution in [1.82, 2.24) is 10.6 Å². The van der Waals surface area contributed by atoms with E-state index < -0.39 is 0 Å². The second kappa shape index (κ2) is 9.47. The maximum absolute atomic E-state index is 11.9. The first kappa shape index (κ1) is 18.5. The van der Waals surface area contributed by atoms with E-state index in [4.69, 9.17) is 0 Å². The van der Waals surface area contributed by atoms with Gasteiger partial charge in [0.05, 0.1) is 6.54 Å². The summed E-state index contributed by atoms with van der Waals surface area (Å²) in [5.41, 5.74) is 4.16. The van der Waals surface area contributed by atoms with Gasteiger partial charge in [0.25, 0.3) is 0 Å². The van der Waals surface area contributed by atoms with Crippen LogP contribution >= 0.6 is 0 Å². The van der Waals surface area contributed by atoms with Crippen LogP contribution in [-0.2, 0) is 17.8 Å². The number of urea groups is 1. The van der Waals surface area contributed by atoms with Gasteiger partial charge in [0.2, 0.25) is 5.91 Å². The van der Waals surface area contributed by atoms with Crippen molar-refractivity contribution in [3.05, 3.63) is 65.2 Å². The number of nitrogens with one attached hydrogen (secondary N) is 3. The van der Waals surface area contributed by atoms with E-state index in [1.54, 1.807) is 0 Å². The molecular weight excluding hydrogens is 314 g/mol. The normalized spacial score (nSPS) is 10.2. The lowest BCUT2D eigenvalue weighted by molar-refractivity contribution is -0.115. The Balaban J connectivity index is 1.69. The zero-order valence-corrected chi connectivity index (χ0v) is 14.8. The number of carbonyl (C=O) groups excluding carboxylic acids is 2. The van der Waals surface area contributed by atoms with E-state index in [0.717, 1.165) is 24.1 Å². The second-order valence-electron chi connectivity index (χ2n) is 6.02. The van der Waals surface area contributed by atoms with Crippen molar-refractivity contribution in [3.8, 4) is 0 Å². The van der Waals surface area contributed by atoms with E-state index in [-0.39, 0.29) is 18.5 Å². The Labute approximate surface area is 148 Å². The fourth-order valence-corrected chi connectivity index (χ4v) is 2.36. The smallest absolute Gasteiger partial charge is 0.315 e. The molecular formula is C20H25N3O2. The third kappa shape index (κ3) is 6.67. The molecule has 2 rings (SSSR count). The van der Waals surface area contributed by atoms with Gasteiger partial charge in [0.15, 0.2) is 0 Å². The van der Waals surface area contributed by atoms with Crippen molar-refractivity contribution in [1.29, 1.82) is 0 Å². The molecule has 2 aromatic carbocycles. The zero-order chi connectivity index (χ0) is 18.1. The van der Waals surface area contributed by atoms with Crippen LogP contribution < -0.4 is 16.0 Å².